The number of para-hydroxylation sites is 3. The van der Waals surface area contributed by atoms with Gasteiger partial charge in [-0.15, -0.1) is 0 Å². The van der Waals surface area contributed by atoms with Crippen molar-refractivity contribution in [3.8, 4) is 45.4 Å². The van der Waals surface area contributed by atoms with Crippen LogP contribution in [0.5, 0.6) is 0 Å². The number of hydrogen-bond donors (Lipinski definition) is 0. The minimum Gasteiger partial charge on any atom is -0.455 e. The molecule has 256 valence electrons. The van der Waals surface area contributed by atoms with Crippen LogP contribution in [-0.2, 0) is 5.41 Å². The number of aromatic nitrogens is 2. The first-order valence-corrected chi connectivity index (χ1v) is 18.2. The molecule has 0 radical (unpaired) electrons. The lowest BCUT2D eigenvalue weighted by Gasteiger charge is -2.24. The van der Waals surface area contributed by atoms with E-state index in [2.05, 4.69) is 174 Å². The van der Waals surface area contributed by atoms with E-state index in [9.17, 15) is 5.26 Å². The Hall–Kier alpha value is -5.92. The van der Waals surface area contributed by atoms with E-state index < -0.39 is 0 Å². The second-order valence-electron chi connectivity index (χ2n) is 15.6. The molecular weight excluding hydrogens is 635 g/mol. The second kappa shape index (κ2) is 12.7. The number of imidazole rings is 1. The van der Waals surface area contributed by atoms with Crippen LogP contribution in [0.15, 0.2) is 126 Å². The zero-order valence-electron chi connectivity index (χ0n) is 31.0. The van der Waals surface area contributed by atoms with Crippen molar-refractivity contribution in [1.82, 2.24) is 9.55 Å². The van der Waals surface area contributed by atoms with Gasteiger partial charge in [-0.3, -0.25) is 4.57 Å². The van der Waals surface area contributed by atoms with Gasteiger partial charge < -0.3 is 4.42 Å². The highest BCUT2D eigenvalue weighted by molar-refractivity contribution is 6.10. The number of nitriles is 1. The average Bonchev–Trinajstić information content (AvgIpc) is 3.72. The third-order valence-corrected chi connectivity index (χ3v) is 10.3. The normalized spacial score (nSPS) is 12.1. The molecule has 52 heavy (non-hydrogen) atoms. The third kappa shape index (κ3) is 5.58. The highest BCUT2D eigenvalue weighted by Crippen LogP contribution is 2.43. The van der Waals surface area contributed by atoms with Crippen molar-refractivity contribution in [2.75, 3.05) is 0 Å². The van der Waals surface area contributed by atoms with E-state index in [1.165, 1.54) is 39.1 Å². The Morgan fingerprint density at radius 2 is 1.27 bits per heavy atom. The number of rotatable bonds is 6. The van der Waals surface area contributed by atoms with Crippen molar-refractivity contribution < 1.29 is 4.42 Å². The molecule has 2 heterocycles. The molecule has 0 aliphatic rings. The summed E-state index contributed by atoms with van der Waals surface area (Å²) in [6.07, 6.45) is 0. The van der Waals surface area contributed by atoms with Gasteiger partial charge in [0.2, 0.25) is 0 Å². The lowest BCUT2D eigenvalue weighted by Crippen LogP contribution is -2.13. The molecule has 0 saturated carbocycles. The Balaban J connectivity index is 1.37. The maximum absolute atomic E-state index is 10.1. The van der Waals surface area contributed by atoms with Gasteiger partial charge in [-0.1, -0.05) is 127 Å². The summed E-state index contributed by atoms with van der Waals surface area (Å²) < 4.78 is 9.14. The van der Waals surface area contributed by atoms with Crippen molar-refractivity contribution in [2.45, 2.75) is 65.7 Å². The smallest absolute Gasteiger partial charge is 0.149 e. The second-order valence-corrected chi connectivity index (χ2v) is 15.6. The molecule has 4 nitrogen and oxygen atoms in total. The molecule has 0 amide bonds. The Kier molecular flexibility index (Phi) is 8.11. The first-order chi connectivity index (χ1) is 25.0. The SMILES string of the molecule is CC(C)c1cc(-c2ccc(-c3ccccc3)cc2)cc(C(C)C)c1-n1c(-c2cccc3c2oc2cc(C(C)(C)C)c(C#N)cc23)nc2ccccc21. The third-order valence-electron chi connectivity index (χ3n) is 10.3. The molecule has 0 spiro atoms. The Morgan fingerprint density at radius 3 is 1.90 bits per heavy atom. The van der Waals surface area contributed by atoms with Crippen LogP contribution in [0, 0.1) is 11.3 Å². The van der Waals surface area contributed by atoms with Crippen molar-refractivity contribution in [2.24, 2.45) is 0 Å². The summed E-state index contributed by atoms with van der Waals surface area (Å²) in [4.78, 5) is 5.34. The van der Waals surface area contributed by atoms with E-state index in [0.29, 0.717) is 5.56 Å². The summed E-state index contributed by atoms with van der Waals surface area (Å²) in [6, 6.07) is 45.4. The van der Waals surface area contributed by atoms with Crippen molar-refractivity contribution >= 4 is 33.0 Å². The Bertz CT molecular complexity index is 2630. The van der Waals surface area contributed by atoms with Gasteiger partial charge in [0.1, 0.15) is 17.0 Å². The molecule has 4 heteroatoms. The highest BCUT2D eigenvalue weighted by Gasteiger charge is 2.26. The molecule has 2 aromatic heterocycles. The zero-order valence-corrected chi connectivity index (χ0v) is 31.0. The molecule has 0 N–H and O–H groups in total. The van der Waals surface area contributed by atoms with E-state index in [1.54, 1.807) is 0 Å². The van der Waals surface area contributed by atoms with Crippen LogP contribution in [0.4, 0.5) is 0 Å². The summed E-state index contributed by atoms with van der Waals surface area (Å²) in [5.41, 5.74) is 14.5. The van der Waals surface area contributed by atoms with Crippen molar-refractivity contribution in [3.63, 3.8) is 0 Å². The van der Waals surface area contributed by atoms with Gasteiger partial charge in [-0.2, -0.15) is 5.26 Å². The van der Waals surface area contributed by atoms with Gasteiger partial charge in [0.25, 0.3) is 0 Å². The molecule has 0 saturated heterocycles. The van der Waals surface area contributed by atoms with Gasteiger partial charge >= 0.3 is 0 Å². The van der Waals surface area contributed by atoms with Gasteiger partial charge in [0.05, 0.1) is 33.9 Å². The van der Waals surface area contributed by atoms with E-state index in [1.807, 2.05) is 6.07 Å². The molecule has 8 aromatic rings. The lowest BCUT2D eigenvalue weighted by atomic mass is 9.83. The fourth-order valence-electron chi connectivity index (χ4n) is 7.64. The van der Waals surface area contributed by atoms with E-state index >= 15 is 0 Å². The number of benzene rings is 6. The summed E-state index contributed by atoms with van der Waals surface area (Å²) >= 11 is 0. The van der Waals surface area contributed by atoms with E-state index in [4.69, 9.17) is 9.40 Å². The Morgan fingerprint density at radius 1 is 0.654 bits per heavy atom. The summed E-state index contributed by atoms with van der Waals surface area (Å²) in [6.45, 7) is 15.5. The van der Waals surface area contributed by atoms with Crippen LogP contribution in [0.2, 0.25) is 0 Å². The summed E-state index contributed by atoms with van der Waals surface area (Å²) in [5, 5.41) is 12.0. The molecule has 0 fully saturated rings. The lowest BCUT2D eigenvalue weighted by molar-refractivity contribution is 0.586. The average molecular weight is 678 g/mol. The first kappa shape index (κ1) is 33.2. The molecule has 0 unspecified atom stereocenters. The van der Waals surface area contributed by atoms with E-state index in [0.717, 1.165) is 49.9 Å². The Labute approximate surface area is 306 Å². The minimum absolute atomic E-state index is 0.203. The predicted molar refractivity (Wildman–Crippen MR) is 216 cm³/mol. The highest BCUT2D eigenvalue weighted by atomic mass is 16.3. The van der Waals surface area contributed by atoms with E-state index in [-0.39, 0.29) is 17.3 Å². The van der Waals surface area contributed by atoms with Crippen LogP contribution in [0.1, 0.15) is 82.6 Å². The standard InChI is InChI=1S/C48H43N3O/c1-29(2)38-24-34(33-22-20-32(21-23-33)31-14-9-8-10-15-31)25-39(30(3)4)45(38)51-43-19-12-11-18-42(43)50-47(51)37-17-13-16-36-40-26-35(28-49)41(48(5,6)7)27-44(40)52-46(36)37/h8-27,29-30H,1-7H3. The van der Waals surface area contributed by atoms with Crippen molar-refractivity contribution in [1.29, 1.82) is 5.26 Å². The van der Waals surface area contributed by atoms with Gasteiger partial charge in [0, 0.05) is 10.8 Å². The minimum atomic E-state index is -0.203. The van der Waals surface area contributed by atoms with Crippen molar-refractivity contribution in [3.05, 3.63) is 144 Å². The maximum atomic E-state index is 10.1. The molecule has 8 rings (SSSR count). The van der Waals surface area contributed by atoms with Crippen LogP contribution < -0.4 is 0 Å². The quantitative estimate of drug-likeness (QED) is 0.176. The number of nitrogens with zero attached hydrogens (tertiary/aromatic N) is 3. The zero-order chi connectivity index (χ0) is 36.3. The molecule has 0 aliphatic heterocycles. The number of hydrogen-bond acceptors (Lipinski definition) is 3. The summed E-state index contributed by atoms with van der Waals surface area (Å²) in [7, 11) is 0. The van der Waals surface area contributed by atoms with Gasteiger partial charge in [0.15, 0.2) is 0 Å². The molecule has 6 aromatic carbocycles. The largest absolute Gasteiger partial charge is 0.455 e. The topological polar surface area (TPSA) is 54.8 Å². The van der Waals surface area contributed by atoms with Crippen LogP contribution >= 0.6 is 0 Å². The summed E-state index contributed by atoms with van der Waals surface area (Å²) in [5.74, 6) is 1.32. The fraction of sp³-hybridized carbons (Fsp3) is 0.208. The molecule has 0 bridgehead atoms. The number of furan rings is 1. The van der Waals surface area contributed by atoms with Gasteiger partial charge in [-0.25, -0.2) is 4.98 Å². The number of fused-ring (bicyclic) bond motifs is 4. The van der Waals surface area contributed by atoms with Crippen LogP contribution in [-0.4, -0.2) is 9.55 Å². The molecular formula is C48H43N3O. The first-order valence-electron chi connectivity index (χ1n) is 18.2. The predicted octanol–water partition coefficient (Wildman–Crippen LogP) is 13.3. The monoisotopic (exact) mass is 677 g/mol. The van der Waals surface area contributed by atoms with Crippen LogP contribution in [0.25, 0.3) is 72.3 Å². The van der Waals surface area contributed by atoms with Crippen LogP contribution in [0.3, 0.4) is 0 Å². The molecule has 0 atom stereocenters. The maximum Gasteiger partial charge on any atom is 0.149 e. The fourth-order valence-corrected chi connectivity index (χ4v) is 7.64. The van der Waals surface area contributed by atoms with Gasteiger partial charge in [-0.05, 0) is 98.7 Å². The molecule has 0 aliphatic carbocycles.